The van der Waals surface area contributed by atoms with E-state index in [-0.39, 0.29) is 6.42 Å². The Hall–Kier alpha value is -1.84. The zero-order valence-electron chi connectivity index (χ0n) is 7.55. The van der Waals surface area contributed by atoms with E-state index in [0.29, 0.717) is 6.54 Å². The Morgan fingerprint density at radius 3 is 3.14 bits per heavy atom. The molecule has 0 atom stereocenters. The van der Waals surface area contributed by atoms with Crippen molar-refractivity contribution >= 4 is 16.9 Å². The maximum Gasteiger partial charge on any atom is 0.305 e. The van der Waals surface area contributed by atoms with E-state index in [1.807, 2.05) is 22.9 Å². The maximum absolute atomic E-state index is 10.4. The highest BCUT2D eigenvalue weighted by molar-refractivity contribution is 5.79. The van der Waals surface area contributed by atoms with Gasteiger partial charge in [-0.1, -0.05) is 0 Å². The molecular weight excluding hydrogens is 180 g/mol. The van der Waals surface area contributed by atoms with Gasteiger partial charge in [-0.05, 0) is 12.1 Å². The quantitative estimate of drug-likeness (QED) is 0.798. The summed E-state index contributed by atoms with van der Waals surface area (Å²) in [6, 6.07) is 3.87. The van der Waals surface area contributed by atoms with Gasteiger partial charge in [0, 0.05) is 24.3 Å². The summed E-state index contributed by atoms with van der Waals surface area (Å²) in [5.74, 6) is -0.782. The van der Waals surface area contributed by atoms with Gasteiger partial charge in [-0.15, -0.1) is 0 Å². The van der Waals surface area contributed by atoms with Crippen LogP contribution in [0.2, 0.25) is 0 Å². The topological polar surface area (TPSA) is 55.1 Å². The summed E-state index contributed by atoms with van der Waals surface area (Å²) in [7, 11) is 0. The lowest BCUT2D eigenvalue weighted by Crippen LogP contribution is -2.03. The van der Waals surface area contributed by atoms with Crippen LogP contribution < -0.4 is 0 Å². The van der Waals surface area contributed by atoms with Crippen molar-refractivity contribution in [3.05, 3.63) is 30.7 Å². The summed E-state index contributed by atoms with van der Waals surface area (Å²) in [6.45, 7) is 0.491. The first-order valence-electron chi connectivity index (χ1n) is 4.38. The molecule has 0 aliphatic heterocycles. The molecule has 4 heteroatoms. The summed E-state index contributed by atoms with van der Waals surface area (Å²) >= 11 is 0. The predicted octanol–water partition coefficient (Wildman–Crippen LogP) is 1.51. The molecule has 0 saturated carbocycles. The van der Waals surface area contributed by atoms with Gasteiger partial charge >= 0.3 is 5.97 Å². The number of pyridine rings is 1. The fourth-order valence-corrected chi connectivity index (χ4v) is 1.44. The number of carbonyl (C=O) groups is 1. The average molecular weight is 190 g/mol. The highest BCUT2D eigenvalue weighted by Crippen LogP contribution is 2.13. The number of hydrogen-bond acceptors (Lipinski definition) is 2. The molecule has 2 aromatic rings. The number of aryl methyl sites for hydroxylation is 1. The number of aromatic nitrogens is 2. The third kappa shape index (κ3) is 1.59. The minimum atomic E-state index is -0.782. The Kier molecular flexibility index (Phi) is 2.18. The van der Waals surface area contributed by atoms with Gasteiger partial charge in [0.1, 0.15) is 0 Å². The van der Waals surface area contributed by atoms with Gasteiger partial charge in [0.05, 0.1) is 18.1 Å². The highest BCUT2D eigenvalue weighted by Gasteiger charge is 2.02. The van der Waals surface area contributed by atoms with E-state index in [0.717, 1.165) is 10.9 Å². The number of fused-ring (bicyclic) bond motifs is 1. The molecule has 0 spiro atoms. The molecule has 0 amide bonds. The van der Waals surface area contributed by atoms with Crippen molar-refractivity contribution in [2.45, 2.75) is 13.0 Å². The number of nitrogens with zero attached hydrogens (tertiary/aromatic N) is 2. The zero-order chi connectivity index (χ0) is 9.97. The van der Waals surface area contributed by atoms with Gasteiger partial charge in [0.15, 0.2) is 0 Å². The molecule has 1 N–H and O–H groups in total. The van der Waals surface area contributed by atoms with Crippen LogP contribution in [0.15, 0.2) is 30.7 Å². The molecular formula is C10H10N2O2. The van der Waals surface area contributed by atoms with Crippen molar-refractivity contribution in [1.29, 1.82) is 0 Å². The summed E-state index contributed by atoms with van der Waals surface area (Å²) < 4.78 is 1.90. The van der Waals surface area contributed by atoms with Crippen molar-refractivity contribution in [2.24, 2.45) is 0 Å². The Bertz CT molecular complexity index is 462. The van der Waals surface area contributed by atoms with Gasteiger partial charge in [0.25, 0.3) is 0 Å². The van der Waals surface area contributed by atoms with Crippen LogP contribution in [0.4, 0.5) is 0 Å². The molecule has 0 radical (unpaired) electrons. The van der Waals surface area contributed by atoms with E-state index in [1.54, 1.807) is 12.4 Å². The molecule has 14 heavy (non-hydrogen) atoms. The number of aliphatic carboxylic acids is 1. The molecule has 2 heterocycles. The second-order valence-corrected chi connectivity index (χ2v) is 3.09. The normalized spacial score (nSPS) is 10.6. The lowest BCUT2D eigenvalue weighted by Gasteiger charge is -2.01. The number of hydrogen-bond donors (Lipinski definition) is 1. The van der Waals surface area contributed by atoms with Crippen LogP contribution >= 0.6 is 0 Å². The summed E-state index contributed by atoms with van der Waals surface area (Å²) in [5.41, 5.74) is 0.980. The van der Waals surface area contributed by atoms with Crippen LogP contribution in [0.25, 0.3) is 10.9 Å². The Morgan fingerprint density at radius 2 is 2.36 bits per heavy atom. The first-order valence-corrected chi connectivity index (χ1v) is 4.38. The largest absolute Gasteiger partial charge is 0.481 e. The molecule has 2 rings (SSSR count). The number of carboxylic acids is 1. The molecule has 72 valence electrons. The van der Waals surface area contributed by atoms with Crippen LogP contribution in [0.5, 0.6) is 0 Å². The molecule has 0 aromatic carbocycles. The van der Waals surface area contributed by atoms with E-state index >= 15 is 0 Å². The molecule has 2 aromatic heterocycles. The van der Waals surface area contributed by atoms with Crippen LogP contribution in [0, 0.1) is 0 Å². The molecule has 0 fully saturated rings. The van der Waals surface area contributed by atoms with Crippen molar-refractivity contribution in [3.63, 3.8) is 0 Å². The summed E-state index contributed by atoms with van der Waals surface area (Å²) in [5, 5.41) is 9.64. The molecule has 4 nitrogen and oxygen atoms in total. The SMILES string of the molecule is O=C(O)CCn1ccc2ccncc21. The minimum absolute atomic E-state index is 0.138. The first kappa shape index (κ1) is 8.74. The van der Waals surface area contributed by atoms with Crippen molar-refractivity contribution in [2.75, 3.05) is 0 Å². The smallest absolute Gasteiger partial charge is 0.305 e. The molecule has 0 aliphatic carbocycles. The van der Waals surface area contributed by atoms with E-state index in [1.165, 1.54) is 0 Å². The van der Waals surface area contributed by atoms with E-state index < -0.39 is 5.97 Å². The van der Waals surface area contributed by atoms with Crippen molar-refractivity contribution in [1.82, 2.24) is 9.55 Å². The van der Waals surface area contributed by atoms with Gasteiger partial charge in [-0.3, -0.25) is 9.78 Å². The highest BCUT2D eigenvalue weighted by atomic mass is 16.4. The summed E-state index contributed by atoms with van der Waals surface area (Å²) in [6.07, 6.45) is 5.50. The van der Waals surface area contributed by atoms with Crippen LogP contribution in [0.3, 0.4) is 0 Å². The monoisotopic (exact) mass is 190 g/mol. The van der Waals surface area contributed by atoms with E-state index in [2.05, 4.69) is 4.98 Å². The fourth-order valence-electron chi connectivity index (χ4n) is 1.44. The molecule has 0 unspecified atom stereocenters. The third-order valence-electron chi connectivity index (χ3n) is 2.14. The standard InChI is InChI=1S/C10H10N2O2/c13-10(14)3-6-12-5-2-8-1-4-11-7-9(8)12/h1-2,4-5,7H,3,6H2,(H,13,14). The molecule has 0 saturated heterocycles. The van der Waals surface area contributed by atoms with Crippen LogP contribution in [0.1, 0.15) is 6.42 Å². The Morgan fingerprint density at radius 1 is 1.50 bits per heavy atom. The van der Waals surface area contributed by atoms with E-state index in [4.69, 9.17) is 5.11 Å². The zero-order valence-corrected chi connectivity index (χ0v) is 7.55. The van der Waals surface area contributed by atoms with Crippen LogP contribution in [-0.2, 0) is 11.3 Å². The number of rotatable bonds is 3. The third-order valence-corrected chi connectivity index (χ3v) is 2.14. The van der Waals surface area contributed by atoms with Gasteiger partial charge in [0.2, 0.25) is 0 Å². The fraction of sp³-hybridized carbons (Fsp3) is 0.200. The predicted molar refractivity (Wildman–Crippen MR) is 52.0 cm³/mol. The Balaban J connectivity index is 2.29. The summed E-state index contributed by atoms with van der Waals surface area (Å²) in [4.78, 5) is 14.4. The second kappa shape index (κ2) is 3.49. The van der Waals surface area contributed by atoms with Gasteiger partial charge in [-0.25, -0.2) is 0 Å². The van der Waals surface area contributed by atoms with Crippen LogP contribution in [-0.4, -0.2) is 20.6 Å². The number of carboxylic acid groups (broad SMARTS) is 1. The lowest BCUT2D eigenvalue weighted by molar-refractivity contribution is -0.137. The molecule has 0 aliphatic rings. The first-order chi connectivity index (χ1) is 6.77. The average Bonchev–Trinajstić information content (AvgIpc) is 2.58. The lowest BCUT2D eigenvalue weighted by atomic mass is 10.3. The van der Waals surface area contributed by atoms with Gasteiger partial charge < -0.3 is 9.67 Å². The van der Waals surface area contributed by atoms with Crippen molar-refractivity contribution < 1.29 is 9.90 Å². The van der Waals surface area contributed by atoms with E-state index in [9.17, 15) is 4.79 Å². The Labute approximate surface area is 80.8 Å². The van der Waals surface area contributed by atoms with Gasteiger partial charge in [-0.2, -0.15) is 0 Å². The second-order valence-electron chi connectivity index (χ2n) is 3.09. The van der Waals surface area contributed by atoms with Crippen molar-refractivity contribution in [3.8, 4) is 0 Å². The molecule has 0 bridgehead atoms. The maximum atomic E-state index is 10.4. The minimum Gasteiger partial charge on any atom is -0.481 e.